The summed E-state index contributed by atoms with van der Waals surface area (Å²) in [5, 5.41) is 0.736. The zero-order valence-corrected chi connectivity index (χ0v) is 14.2. The number of carbonyl (C=O) groups is 1. The first-order valence-electron chi connectivity index (χ1n) is 5.81. The first kappa shape index (κ1) is 16.5. The van der Waals surface area contributed by atoms with E-state index in [4.69, 9.17) is 9.47 Å². The fourth-order valence-electron chi connectivity index (χ4n) is 1.60. The summed E-state index contributed by atoms with van der Waals surface area (Å²) in [4.78, 5) is 14.1. The Bertz CT molecular complexity index is 426. The van der Waals surface area contributed by atoms with Gasteiger partial charge in [-0.2, -0.15) is 0 Å². The second kappa shape index (κ2) is 8.55. The average molecular weight is 395 g/mol. The zero-order chi connectivity index (χ0) is 14.3. The predicted molar refractivity (Wildman–Crippen MR) is 82.3 cm³/mol. The zero-order valence-electron chi connectivity index (χ0n) is 11.0. The highest BCUT2D eigenvalue weighted by Gasteiger charge is 2.16. The van der Waals surface area contributed by atoms with Gasteiger partial charge < -0.3 is 14.4 Å². The molecular formula is C13H17Br2NO3. The van der Waals surface area contributed by atoms with Crippen molar-refractivity contribution in [2.45, 2.75) is 0 Å². The largest absolute Gasteiger partial charge is 0.496 e. The van der Waals surface area contributed by atoms with E-state index in [-0.39, 0.29) is 5.91 Å². The lowest BCUT2D eigenvalue weighted by atomic mass is 10.2. The number of halogens is 2. The standard InChI is InChI=1S/C13H17Br2NO3/c1-18-8-7-16(6-5-14)13(17)10-3-4-12(19-2)11(15)9-10/h3-4,9H,5-8H2,1-2H3. The molecule has 1 aromatic carbocycles. The van der Waals surface area contributed by atoms with Gasteiger partial charge in [0.05, 0.1) is 18.2 Å². The molecule has 0 atom stereocenters. The number of benzene rings is 1. The molecule has 106 valence electrons. The summed E-state index contributed by atoms with van der Waals surface area (Å²) < 4.78 is 10.9. The number of amides is 1. The minimum Gasteiger partial charge on any atom is -0.496 e. The van der Waals surface area contributed by atoms with E-state index < -0.39 is 0 Å². The maximum absolute atomic E-state index is 12.4. The first-order valence-corrected chi connectivity index (χ1v) is 7.73. The fraction of sp³-hybridized carbons (Fsp3) is 0.462. The number of carbonyl (C=O) groups excluding carboxylic acids is 1. The third-order valence-corrected chi connectivity index (χ3v) is 3.58. The Balaban J connectivity index is 2.86. The summed E-state index contributed by atoms with van der Waals surface area (Å²) in [7, 11) is 3.22. The number of nitrogens with zero attached hydrogens (tertiary/aromatic N) is 1. The smallest absolute Gasteiger partial charge is 0.254 e. The van der Waals surface area contributed by atoms with E-state index >= 15 is 0 Å². The molecule has 0 aromatic heterocycles. The van der Waals surface area contributed by atoms with Gasteiger partial charge in [-0.15, -0.1) is 0 Å². The number of alkyl halides is 1. The number of ether oxygens (including phenoxy) is 2. The van der Waals surface area contributed by atoms with E-state index in [9.17, 15) is 4.79 Å². The van der Waals surface area contributed by atoms with Crippen molar-refractivity contribution >= 4 is 37.8 Å². The van der Waals surface area contributed by atoms with E-state index in [1.165, 1.54) is 0 Å². The molecule has 0 heterocycles. The number of hydrogen-bond donors (Lipinski definition) is 0. The molecule has 0 N–H and O–H groups in total. The summed E-state index contributed by atoms with van der Waals surface area (Å²) in [5.41, 5.74) is 0.629. The summed E-state index contributed by atoms with van der Waals surface area (Å²) in [6, 6.07) is 5.31. The maximum Gasteiger partial charge on any atom is 0.254 e. The van der Waals surface area contributed by atoms with Gasteiger partial charge in [0.2, 0.25) is 0 Å². The Kier molecular flexibility index (Phi) is 7.41. The highest BCUT2D eigenvalue weighted by Crippen LogP contribution is 2.26. The quantitative estimate of drug-likeness (QED) is 0.667. The second-order valence-electron chi connectivity index (χ2n) is 3.82. The molecule has 1 rings (SSSR count). The van der Waals surface area contributed by atoms with Crippen molar-refractivity contribution < 1.29 is 14.3 Å². The van der Waals surface area contributed by atoms with E-state index in [0.717, 1.165) is 9.80 Å². The maximum atomic E-state index is 12.4. The molecule has 0 saturated carbocycles. The minimum atomic E-state index is -0.0140. The van der Waals surface area contributed by atoms with Crippen molar-refractivity contribution in [2.24, 2.45) is 0 Å². The van der Waals surface area contributed by atoms with Crippen LogP contribution < -0.4 is 4.74 Å². The van der Waals surface area contributed by atoms with Crippen LogP contribution in [0.15, 0.2) is 22.7 Å². The molecule has 0 aliphatic heterocycles. The molecule has 0 spiro atoms. The fourth-order valence-corrected chi connectivity index (χ4v) is 2.57. The molecule has 0 aliphatic carbocycles. The number of rotatable bonds is 7. The van der Waals surface area contributed by atoms with Gasteiger partial charge in [0.25, 0.3) is 5.91 Å². The van der Waals surface area contributed by atoms with Crippen LogP contribution in [-0.2, 0) is 4.74 Å². The van der Waals surface area contributed by atoms with Gasteiger partial charge in [-0.3, -0.25) is 4.79 Å². The van der Waals surface area contributed by atoms with Crippen LogP contribution in [0.2, 0.25) is 0 Å². The average Bonchev–Trinajstić information content (AvgIpc) is 2.42. The molecule has 19 heavy (non-hydrogen) atoms. The summed E-state index contributed by atoms with van der Waals surface area (Å²) in [5.74, 6) is 0.695. The SMILES string of the molecule is COCCN(CCBr)C(=O)c1ccc(OC)c(Br)c1. The lowest BCUT2D eigenvalue weighted by Crippen LogP contribution is -2.35. The summed E-state index contributed by atoms with van der Waals surface area (Å²) >= 11 is 6.74. The van der Waals surface area contributed by atoms with Gasteiger partial charge >= 0.3 is 0 Å². The van der Waals surface area contributed by atoms with Gasteiger partial charge in [0, 0.05) is 31.1 Å². The minimum absolute atomic E-state index is 0.0140. The molecule has 1 amide bonds. The van der Waals surface area contributed by atoms with Crippen molar-refractivity contribution in [1.29, 1.82) is 0 Å². The number of methoxy groups -OCH3 is 2. The van der Waals surface area contributed by atoms with Crippen LogP contribution in [-0.4, -0.2) is 50.1 Å². The van der Waals surface area contributed by atoms with Gasteiger partial charge in [0.1, 0.15) is 5.75 Å². The van der Waals surface area contributed by atoms with E-state index in [1.807, 2.05) is 0 Å². The molecule has 0 fully saturated rings. The van der Waals surface area contributed by atoms with Gasteiger partial charge in [0.15, 0.2) is 0 Å². The highest BCUT2D eigenvalue weighted by molar-refractivity contribution is 9.10. The summed E-state index contributed by atoms with van der Waals surface area (Å²) in [6.07, 6.45) is 0. The van der Waals surface area contributed by atoms with Crippen molar-refractivity contribution in [3.63, 3.8) is 0 Å². The van der Waals surface area contributed by atoms with Crippen LogP contribution in [0.5, 0.6) is 5.75 Å². The normalized spacial score (nSPS) is 10.3. The van der Waals surface area contributed by atoms with Gasteiger partial charge in [-0.05, 0) is 34.1 Å². The molecule has 0 bridgehead atoms. The molecule has 0 aliphatic rings. The van der Waals surface area contributed by atoms with Crippen LogP contribution >= 0.6 is 31.9 Å². The number of hydrogen-bond acceptors (Lipinski definition) is 3. The van der Waals surface area contributed by atoms with Crippen LogP contribution in [0.25, 0.3) is 0 Å². The molecule has 4 nitrogen and oxygen atoms in total. The topological polar surface area (TPSA) is 38.8 Å². The lowest BCUT2D eigenvalue weighted by molar-refractivity contribution is 0.0709. The van der Waals surface area contributed by atoms with Crippen LogP contribution in [0.3, 0.4) is 0 Å². The van der Waals surface area contributed by atoms with Crippen LogP contribution in [0.4, 0.5) is 0 Å². The Morgan fingerprint density at radius 1 is 1.32 bits per heavy atom. The van der Waals surface area contributed by atoms with E-state index in [0.29, 0.717) is 31.0 Å². The van der Waals surface area contributed by atoms with Crippen molar-refractivity contribution in [2.75, 3.05) is 39.2 Å². The third-order valence-electron chi connectivity index (χ3n) is 2.61. The molecular weight excluding hydrogens is 378 g/mol. The van der Waals surface area contributed by atoms with Crippen LogP contribution in [0.1, 0.15) is 10.4 Å². The monoisotopic (exact) mass is 393 g/mol. The van der Waals surface area contributed by atoms with Crippen molar-refractivity contribution in [3.05, 3.63) is 28.2 Å². The van der Waals surface area contributed by atoms with E-state index in [2.05, 4.69) is 31.9 Å². The molecule has 1 aromatic rings. The Hall–Kier alpha value is -0.590. The van der Waals surface area contributed by atoms with Gasteiger partial charge in [-0.1, -0.05) is 15.9 Å². The molecule has 0 saturated heterocycles. The molecule has 0 radical (unpaired) electrons. The second-order valence-corrected chi connectivity index (χ2v) is 5.47. The summed E-state index contributed by atoms with van der Waals surface area (Å²) in [6.45, 7) is 1.74. The van der Waals surface area contributed by atoms with Crippen LogP contribution in [0, 0.1) is 0 Å². The molecule has 6 heteroatoms. The first-order chi connectivity index (χ1) is 9.13. The highest BCUT2D eigenvalue weighted by atomic mass is 79.9. The van der Waals surface area contributed by atoms with Crippen molar-refractivity contribution in [3.8, 4) is 5.75 Å². The molecule has 0 unspecified atom stereocenters. The third kappa shape index (κ3) is 4.78. The van der Waals surface area contributed by atoms with E-state index in [1.54, 1.807) is 37.3 Å². The van der Waals surface area contributed by atoms with Crippen molar-refractivity contribution in [1.82, 2.24) is 4.90 Å². The van der Waals surface area contributed by atoms with Gasteiger partial charge in [-0.25, -0.2) is 0 Å². The predicted octanol–water partition coefficient (Wildman–Crippen LogP) is 2.94. The Morgan fingerprint density at radius 3 is 2.58 bits per heavy atom. The Morgan fingerprint density at radius 2 is 2.05 bits per heavy atom. The lowest BCUT2D eigenvalue weighted by Gasteiger charge is -2.21. The Labute approximate surface area is 130 Å².